The normalized spacial score (nSPS) is 11.1. The smallest absolute Gasteiger partial charge is 0.0911 e. The Morgan fingerprint density at radius 2 is 2.13 bits per heavy atom. The maximum Gasteiger partial charge on any atom is 0.0911 e. The second-order valence-electron chi connectivity index (χ2n) is 3.65. The van der Waals surface area contributed by atoms with Gasteiger partial charge in [0, 0.05) is 24.8 Å². The van der Waals surface area contributed by atoms with Crippen molar-refractivity contribution in [1.29, 1.82) is 0 Å². The van der Waals surface area contributed by atoms with E-state index in [0.717, 1.165) is 17.6 Å². The lowest BCUT2D eigenvalue weighted by molar-refractivity contribution is 0.450. The third-order valence-corrected chi connectivity index (χ3v) is 2.61. The van der Waals surface area contributed by atoms with Gasteiger partial charge in [-0.05, 0) is 29.5 Å². The average molecular weight is 206 g/mol. The number of alkyl halides is 1. The third kappa shape index (κ3) is 2.02. The van der Waals surface area contributed by atoms with Crippen LogP contribution in [0.1, 0.15) is 12.0 Å². The molecule has 0 spiro atoms. The Morgan fingerprint density at radius 3 is 2.87 bits per heavy atom. The van der Waals surface area contributed by atoms with Crippen molar-refractivity contribution >= 4 is 10.9 Å². The molecule has 0 aliphatic carbocycles. The molecule has 1 aromatic carbocycles. The molecular formula is C12H15FN2. The first-order valence-electron chi connectivity index (χ1n) is 5.19. The van der Waals surface area contributed by atoms with E-state index in [1.807, 2.05) is 18.3 Å². The van der Waals surface area contributed by atoms with Crippen molar-refractivity contribution in [3.8, 4) is 0 Å². The second-order valence-corrected chi connectivity index (χ2v) is 3.65. The minimum atomic E-state index is -0.268. The van der Waals surface area contributed by atoms with Gasteiger partial charge in [-0.1, -0.05) is 12.1 Å². The molecule has 0 amide bonds. The summed E-state index contributed by atoms with van der Waals surface area (Å²) in [6.45, 7) is 1.01. The zero-order valence-electron chi connectivity index (χ0n) is 8.62. The van der Waals surface area contributed by atoms with Gasteiger partial charge < -0.3 is 10.3 Å². The number of hydrogen-bond donors (Lipinski definition) is 1. The van der Waals surface area contributed by atoms with Crippen LogP contribution in [0.25, 0.3) is 10.9 Å². The lowest BCUT2D eigenvalue weighted by Crippen LogP contribution is -1.99. The number of fused-ring (bicyclic) bond motifs is 1. The molecule has 0 unspecified atom stereocenters. The van der Waals surface area contributed by atoms with Crippen LogP contribution in [0.15, 0.2) is 30.5 Å². The summed E-state index contributed by atoms with van der Waals surface area (Å²) >= 11 is 0. The molecule has 1 heterocycles. The van der Waals surface area contributed by atoms with E-state index in [1.165, 1.54) is 5.39 Å². The SMILES string of the molecule is NCc1ccc2ccn(CCCF)c2c1. The topological polar surface area (TPSA) is 30.9 Å². The molecule has 0 fully saturated rings. The molecule has 0 bridgehead atoms. The Bertz CT molecular complexity index is 448. The molecule has 0 atom stereocenters. The van der Waals surface area contributed by atoms with Crippen molar-refractivity contribution in [3.63, 3.8) is 0 Å². The second kappa shape index (κ2) is 4.45. The minimum Gasteiger partial charge on any atom is -0.347 e. The molecule has 0 saturated carbocycles. The number of nitrogens with zero attached hydrogens (tertiary/aromatic N) is 1. The van der Waals surface area contributed by atoms with Crippen molar-refractivity contribution in [2.75, 3.05) is 6.67 Å². The molecule has 0 aliphatic rings. The van der Waals surface area contributed by atoms with E-state index >= 15 is 0 Å². The Labute approximate surface area is 88.5 Å². The third-order valence-electron chi connectivity index (χ3n) is 2.61. The van der Waals surface area contributed by atoms with Crippen LogP contribution in [0.5, 0.6) is 0 Å². The summed E-state index contributed by atoms with van der Waals surface area (Å²) < 4.78 is 14.2. The predicted molar refractivity (Wildman–Crippen MR) is 60.4 cm³/mol. The van der Waals surface area contributed by atoms with Gasteiger partial charge in [0.2, 0.25) is 0 Å². The Hall–Kier alpha value is -1.35. The van der Waals surface area contributed by atoms with Gasteiger partial charge in [-0.15, -0.1) is 0 Å². The molecule has 1 aromatic heterocycles. The number of benzene rings is 1. The maximum atomic E-state index is 12.1. The lowest BCUT2D eigenvalue weighted by Gasteiger charge is -2.04. The van der Waals surface area contributed by atoms with E-state index < -0.39 is 0 Å². The Morgan fingerprint density at radius 1 is 1.27 bits per heavy atom. The molecule has 0 radical (unpaired) electrons. The highest BCUT2D eigenvalue weighted by Gasteiger charge is 2.01. The fourth-order valence-electron chi connectivity index (χ4n) is 1.78. The highest BCUT2D eigenvalue weighted by molar-refractivity contribution is 5.80. The summed E-state index contributed by atoms with van der Waals surface area (Å²) in [6.07, 6.45) is 2.57. The van der Waals surface area contributed by atoms with Gasteiger partial charge in [-0.3, -0.25) is 4.39 Å². The average Bonchev–Trinajstić information content (AvgIpc) is 2.68. The molecular weight excluding hydrogens is 191 g/mol. The van der Waals surface area contributed by atoms with Crippen molar-refractivity contribution in [2.24, 2.45) is 5.73 Å². The zero-order valence-corrected chi connectivity index (χ0v) is 8.62. The lowest BCUT2D eigenvalue weighted by atomic mass is 10.1. The molecule has 0 aliphatic heterocycles. The Balaban J connectivity index is 2.38. The summed E-state index contributed by atoms with van der Waals surface area (Å²) in [5.41, 5.74) is 7.85. The highest BCUT2D eigenvalue weighted by atomic mass is 19.1. The monoisotopic (exact) mass is 206 g/mol. The van der Waals surface area contributed by atoms with E-state index in [1.54, 1.807) is 0 Å². The number of nitrogens with two attached hydrogens (primary N) is 1. The first kappa shape index (κ1) is 10.2. The van der Waals surface area contributed by atoms with Gasteiger partial charge in [-0.25, -0.2) is 0 Å². The van der Waals surface area contributed by atoms with Crippen LogP contribution < -0.4 is 5.73 Å². The van der Waals surface area contributed by atoms with Gasteiger partial charge >= 0.3 is 0 Å². The zero-order chi connectivity index (χ0) is 10.7. The number of hydrogen-bond acceptors (Lipinski definition) is 1. The van der Waals surface area contributed by atoms with Crippen LogP contribution in [-0.4, -0.2) is 11.2 Å². The minimum absolute atomic E-state index is 0.268. The summed E-state index contributed by atoms with van der Waals surface area (Å²) in [7, 11) is 0. The van der Waals surface area contributed by atoms with Gasteiger partial charge in [0.15, 0.2) is 0 Å². The summed E-state index contributed by atoms with van der Waals surface area (Å²) in [5.74, 6) is 0. The van der Waals surface area contributed by atoms with Crippen LogP contribution in [0, 0.1) is 0 Å². The van der Waals surface area contributed by atoms with E-state index in [0.29, 0.717) is 13.0 Å². The molecule has 2 N–H and O–H groups in total. The van der Waals surface area contributed by atoms with Crippen LogP contribution in [0.2, 0.25) is 0 Å². The molecule has 0 saturated heterocycles. The molecule has 2 aromatic rings. The number of rotatable bonds is 4. The van der Waals surface area contributed by atoms with Gasteiger partial charge in [0.25, 0.3) is 0 Å². The number of aromatic nitrogens is 1. The maximum absolute atomic E-state index is 12.1. The molecule has 2 rings (SSSR count). The van der Waals surface area contributed by atoms with E-state index in [4.69, 9.17) is 5.73 Å². The van der Waals surface area contributed by atoms with Crippen molar-refractivity contribution < 1.29 is 4.39 Å². The number of aryl methyl sites for hydroxylation is 1. The van der Waals surface area contributed by atoms with E-state index in [9.17, 15) is 4.39 Å². The van der Waals surface area contributed by atoms with Crippen LogP contribution in [0.4, 0.5) is 4.39 Å². The number of halogens is 1. The first-order valence-corrected chi connectivity index (χ1v) is 5.19. The summed E-state index contributed by atoms with van der Waals surface area (Å²) in [5, 5.41) is 1.19. The largest absolute Gasteiger partial charge is 0.347 e. The summed E-state index contributed by atoms with van der Waals surface area (Å²) in [4.78, 5) is 0. The van der Waals surface area contributed by atoms with Crippen LogP contribution in [-0.2, 0) is 13.1 Å². The van der Waals surface area contributed by atoms with Crippen molar-refractivity contribution in [1.82, 2.24) is 4.57 Å². The first-order chi connectivity index (χ1) is 7.35. The molecule has 3 heteroatoms. The molecule has 80 valence electrons. The van der Waals surface area contributed by atoms with Crippen molar-refractivity contribution in [3.05, 3.63) is 36.0 Å². The quantitative estimate of drug-likeness (QED) is 0.818. The van der Waals surface area contributed by atoms with E-state index in [2.05, 4.69) is 16.7 Å². The van der Waals surface area contributed by atoms with Crippen LogP contribution >= 0.6 is 0 Å². The molecule has 15 heavy (non-hydrogen) atoms. The highest BCUT2D eigenvalue weighted by Crippen LogP contribution is 2.17. The summed E-state index contributed by atoms with van der Waals surface area (Å²) in [6, 6.07) is 8.22. The fraction of sp³-hybridized carbons (Fsp3) is 0.333. The van der Waals surface area contributed by atoms with Gasteiger partial charge in [0.05, 0.1) is 6.67 Å². The van der Waals surface area contributed by atoms with Crippen molar-refractivity contribution in [2.45, 2.75) is 19.5 Å². The predicted octanol–water partition coefficient (Wildman–Crippen LogP) is 2.46. The molecule has 2 nitrogen and oxygen atoms in total. The van der Waals surface area contributed by atoms with E-state index in [-0.39, 0.29) is 6.67 Å². The van der Waals surface area contributed by atoms with Crippen LogP contribution in [0.3, 0.4) is 0 Å². The fourth-order valence-corrected chi connectivity index (χ4v) is 1.78. The van der Waals surface area contributed by atoms with Gasteiger partial charge in [-0.2, -0.15) is 0 Å². The van der Waals surface area contributed by atoms with Gasteiger partial charge in [0.1, 0.15) is 0 Å². The Kier molecular flexibility index (Phi) is 3.02. The standard InChI is InChI=1S/C12H15FN2/c13-5-1-6-15-7-4-11-3-2-10(9-14)8-12(11)15/h2-4,7-8H,1,5-6,9,14H2.